The molecule has 1 spiro atoms. The summed E-state index contributed by atoms with van der Waals surface area (Å²) in [6, 6.07) is 5.96. The Kier molecular flexibility index (Phi) is 6.87. The molecule has 1 aromatic carbocycles. The van der Waals surface area contributed by atoms with Gasteiger partial charge in [-0.25, -0.2) is 9.97 Å². The Labute approximate surface area is 225 Å². The lowest BCUT2D eigenvalue weighted by Crippen LogP contribution is -2.53. The maximum atomic E-state index is 13.4. The number of aliphatic imine (C=N–C) groups is 1. The number of rotatable bonds is 5. The summed E-state index contributed by atoms with van der Waals surface area (Å²) in [6.07, 6.45) is 4.40. The van der Waals surface area contributed by atoms with E-state index in [0.29, 0.717) is 44.0 Å². The third kappa shape index (κ3) is 4.73. The zero-order valence-corrected chi connectivity index (χ0v) is 22.3. The molecule has 0 bridgehead atoms. The number of halogens is 1. The molecule has 2 aromatic heterocycles. The third-order valence-corrected chi connectivity index (χ3v) is 7.68. The maximum absolute atomic E-state index is 13.4. The molecule has 3 aromatic rings. The van der Waals surface area contributed by atoms with Crippen LogP contribution in [0.3, 0.4) is 0 Å². The van der Waals surface area contributed by atoms with Crippen LogP contribution in [-0.4, -0.2) is 62.8 Å². The molecule has 2 amide bonds. The van der Waals surface area contributed by atoms with Crippen LogP contribution in [0.2, 0.25) is 5.15 Å². The SMILES string of the molecule is CCCc1c(CC)[nH]c2ccc(C(=O)N3CCC4(CC3)CN/C(=N\C(=O)c3nc(Cl)c(N)nc3N)N4)cc12. The molecule has 5 rings (SSSR count). The number of amides is 2. The predicted octanol–water partition coefficient (Wildman–Crippen LogP) is 2.65. The van der Waals surface area contributed by atoms with Crippen LogP contribution in [-0.2, 0) is 12.8 Å². The number of nitrogens with two attached hydrogens (primary N) is 2. The summed E-state index contributed by atoms with van der Waals surface area (Å²) in [5, 5.41) is 7.52. The molecule has 2 aliphatic heterocycles. The quantitative estimate of drug-likeness (QED) is 0.331. The minimum absolute atomic E-state index is 0.0350. The minimum atomic E-state index is -0.676. The highest BCUT2D eigenvalue weighted by molar-refractivity contribution is 6.31. The van der Waals surface area contributed by atoms with Crippen molar-refractivity contribution in [1.29, 1.82) is 0 Å². The Morgan fingerprint density at radius 2 is 1.92 bits per heavy atom. The van der Waals surface area contributed by atoms with E-state index in [-0.39, 0.29) is 33.9 Å². The summed E-state index contributed by atoms with van der Waals surface area (Å²) >= 11 is 5.88. The van der Waals surface area contributed by atoms with Crippen molar-refractivity contribution in [3.05, 3.63) is 45.9 Å². The van der Waals surface area contributed by atoms with Crippen LogP contribution >= 0.6 is 11.6 Å². The van der Waals surface area contributed by atoms with Gasteiger partial charge in [-0.15, -0.1) is 0 Å². The van der Waals surface area contributed by atoms with Gasteiger partial charge in [0, 0.05) is 41.8 Å². The van der Waals surface area contributed by atoms with Gasteiger partial charge in [0.2, 0.25) is 0 Å². The van der Waals surface area contributed by atoms with Crippen LogP contribution in [0.4, 0.5) is 11.6 Å². The molecule has 0 atom stereocenters. The van der Waals surface area contributed by atoms with Crippen LogP contribution in [0.1, 0.15) is 65.2 Å². The molecule has 200 valence electrons. The average molecular weight is 538 g/mol. The van der Waals surface area contributed by atoms with Crippen molar-refractivity contribution >= 4 is 51.9 Å². The topological polar surface area (TPSA) is 167 Å². The number of anilines is 2. The molecule has 7 N–H and O–H groups in total. The van der Waals surface area contributed by atoms with Gasteiger partial charge < -0.3 is 32.0 Å². The van der Waals surface area contributed by atoms with Crippen molar-refractivity contribution in [2.45, 2.75) is 51.5 Å². The monoisotopic (exact) mass is 537 g/mol. The van der Waals surface area contributed by atoms with Gasteiger partial charge in [-0.3, -0.25) is 9.59 Å². The number of likely N-dealkylation sites (tertiary alicyclic amines) is 1. The van der Waals surface area contributed by atoms with Gasteiger partial charge in [-0.1, -0.05) is 31.9 Å². The summed E-state index contributed by atoms with van der Waals surface area (Å²) in [4.78, 5) is 43.3. The predicted molar refractivity (Wildman–Crippen MR) is 148 cm³/mol. The number of carbonyl (C=O) groups is 2. The van der Waals surface area contributed by atoms with E-state index in [1.807, 2.05) is 23.1 Å². The number of nitrogens with zero attached hydrogens (tertiary/aromatic N) is 4. The van der Waals surface area contributed by atoms with E-state index in [1.165, 1.54) is 11.3 Å². The van der Waals surface area contributed by atoms with E-state index < -0.39 is 5.91 Å². The number of H-pyrrole nitrogens is 1. The molecular formula is C26H32ClN9O2. The molecule has 11 nitrogen and oxygen atoms in total. The first-order valence-corrected chi connectivity index (χ1v) is 13.3. The molecular weight excluding hydrogens is 506 g/mol. The van der Waals surface area contributed by atoms with Gasteiger partial charge in [0.1, 0.15) is 0 Å². The van der Waals surface area contributed by atoms with Crippen molar-refractivity contribution in [3.8, 4) is 0 Å². The standard InChI is InChI=1S/C26H32ClN9O2/c1-3-5-15-16-12-14(6-7-18(16)31-17(15)4-2)24(38)36-10-8-26(9-11-36)13-30-25(35-26)34-23(37)19-21(28)33-22(29)20(27)32-19/h6-7,12,31H,3-5,8-11,13H2,1-2H3,(H4,28,29,33)(H2,30,34,35,37). The highest BCUT2D eigenvalue weighted by Crippen LogP contribution is 2.29. The Balaban J connectivity index is 1.25. The number of guanidine groups is 1. The number of aromatic nitrogens is 3. The highest BCUT2D eigenvalue weighted by Gasteiger charge is 2.41. The third-order valence-electron chi connectivity index (χ3n) is 7.40. The second-order valence-electron chi connectivity index (χ2n) is 9.90. The number of nitrogen functional groups attached to an aromatic ring is 2. The highest BCUT2D eigenvalue weighted by atomic mass is 35.5. The first kappa shape index (κ1) is 25.8. The van der Waals surface area contributed by atoms with Crippen molar-refractivity contribution in [3.63, 3.8) is 0 Å². The van der Waals surface area contributed by atoms with Crippen LogP contribution in [0.25, 0.3) is 10.9 Å². The second kappa shape index (κ2) is 10.1. The second-order valence-corrected chi connectivity index (χ2v) is 10.3. The molecule has 0 radical (unpaired) electrons. The Hall–Kier alpha value is -3.86. The molecule has 4 heterocycles. The molecule has 2 saturated heterocycles. The largest absolute Gasteiger partial charge is 0.382 e. The number of nitrogens with one attached hydrogen (secondary N) is 3. The molecule has 38 heavy (non-hydrogen) atoms. The zero-order valence-electron chi connectivity index (χ0n) is 21.5. The molecule has 2 aliphatic rings. The number of aromatic amines is 1. The number of hydrogen-bond acceptors (Lipinski definition) is 6. The molecule has 2 fully saturated rings. The van der Waals surface area contributed by atoms with E-state index in [1.54, 1.807) is 0 Å². The van der Waals surface area contributed by atoms with Gasteiger partial charge in [0.25, 0.3) is 5.91 Å². The zero-order chi connectivity index (χ0) is 27.0. The number of hydrogen-bond donors (Lipinski definition) is 5. The number of benzene rings is 1. The van der Waals surface area contributed by atoms with E-state index in [0.717, 1.165) is 30.2 Å². The first-order chi connectivity index (χ1) is 18.2. The van der Waals surface area contributed by atoms with E-state index in [2.05, 4.69) is 44.4 Å². The smallest absolute Gasteiger partial charge is 0.302 e. The molecule has 0 aliphatic carbocycles. The lowest BCUT2D eigenvalue weighted by molar-refractivity contribution is 0.0669. The lowest BCUT2D eigenvalue weighted by Gasteiger charge is -2.38. The van der Waals surface area contributed by atoms with Gasteiger partial charge in [-0.05, 0) is 49.4 Å². The van der Waals surface area contributed by atoms with Crippen LogP contribution < -0.4 is 22.1 Å². The Bertz CT molecular complexity index is 1440. The Morgan fingerprint density at radius 1 is 1.16 bits per heavy atom. The molecule has 0 unspecified atom stereocenters. The van der Waals surface area contributed by atoms with E-state index in [9.17, 15) is 9.59 Å². The van der Waals surface area contributed by atoms with Gasteiger partial charge >= 0.3 is 5.91 Å². The fraction of sp³-hybridized carbons (Fsp3) is 0.423. The van der Waals surface area contributed by atoms with Crippen molar-refractivity contribution < 1.29 is 9.59 Å². The van der Waals surface area contributed by atoms with Crippen LogP contribution in [0.5, 0.6) is 0 Å². The summed E-state index contributed by atoms with van der Waals surface area (Å²) < 4.78 is 0. The number of carbonyl (C=O) groups excluding carboxylic acids is 2. The lowest BCUT2D eigenvalue weighted by atomic mass is 9.88. The van der Waals surface area contributed by atoms with E-state index >= 15 is 0 Å². The molecule has 0 saturated carbocycles. The normalized spacial score (nSPS) is 17.7. The number of aryl methyl sites for hydroxylation is 2. The van der Waals surface area contributed by atoms with Gasteiger partial charge in [0.05, 0.1) is 5.54 Å². The summed E-state index contributed by atoms with van der Waals surface area (Å²) in [5.74, 6) is -0.493. The summed E-state index contributed by atoms with van der Waals surface area (Å²) in [6.45, 7) is 6.09. The summed E-state index contributed by atoms with van der Waals surface area (Å²) in [5.41, 5.74) is 15.2. The van der Waals surface area contributed by atoms with Gasteiger partial charge in [-0.2, -0.15) is 4.99 Å². The minimum Gasteiger partial charge on any atom is -0.382 e. The van der Waals surface area contributed by atoms with Crippen molar-refractivity contribution in [2.75, 3.05) is 31.1 Å². The fourth-order valence-corrected chi connectivity index (χ4v) is 5.44. The van der Waals surface area contributed by atoms with Crippen molar-refractivity contribution in [2.24, 2.45) is 4.99 Å². The van der Waals surface area contributed by atoms with Crippen LogP contribution in [0.15, 0.2) is 23.2 Å². The van der Waals surface area contributed by atoms with E-state index in [4.69, 9.17) is 23.1 Å². The maximum Gasteiger partial charge on any atom is 0.302 e. The fourth-order valence-electron chi connectivity index (χ4n) is 5.31. The Morgan fingerprint density at radius 3 is 2.63 bits per heavy atom. The molecule has 12 heteroatoms. The number of fused-ring (bicyclic) bond motifs is 1. The van der Waals surface area contributed by atoms with Crippen molar-refractivity contribution in [1.82, 2.24) is 30.5 Å². The number of piperidine rings is 1. The van der Waals surface area contributed by atoms with Crippen LogP contribution in [0, 0.1) is 0 Å². The van der Waals surface area contributed by atoms with Gasteiger partial charge in [0.15, 0.2) is 28.4 Å². The first-order valence-electron chi connectivity index (χ1n) is 12.9. The average Bonchev–Trinajstić information content (AvgIpc) is 3.46. The summed E-state index contributed by atoms with van der Waals surface area (Å²) in [7, 11) is 0.